The van der Waals surface area contributed by atoms with Crippen LogP contribution >= 0.6 is 24.0 Å². The molecule has 0 bridgehead atoms. The van der Waals surface area contributed by atoms with Crippen molar-refractivity contribution >= 4 is 24.0 Å². The molecule has 17 heavy (non-hydrogen) atoms. The molecule has 3 N–H and O–H groups in total. The molecule has 0 aromatic heterocycles. The Bertz CT molecular complexity index is 417. The minimum absolute atomic E-state index is 0. The summed E-state index contributed by atoms with van der Waals surface area (Å²) in [6.07, 6.45) is -4.37. The number of hydrogen-bond donors (Lipinski definition) is 2. The lowest BCUT2D eigenvalue weighted by Gasteiger charge is -2.40. The second-order valence-electron chi connectivity index (χ2n) is 3.95. The van der Waals surface area contributed by atoms with Gasteiger partial charge in [-0.05, 0) is 23.8 Å². The second-order valence-corrected chi connectivity index (χ2v) is 4.36. The fraction of sp³-hybridized carbons (Fsp3) is 0.400. The van der Waals surface area contributed by atoms with Crippen LogP contribution in [0.3, 0.4) is 0 Å². The van der Waals surface area contributed by atoms with Crippen LogP contribution < -0.4 is 11.1 Å². The zero-order chi connectivity index (χ0) is 12.0. The van der Waals surface area contributed by atoms with E-state index in [0.717, 1.165) is 12.1 Å². The van der Waals surface area contributed by atoms with Gasteiger partial charge in [0.05, 0.1) is 11.1 Å². The Morgan fingerprint density at radius 1 is 1.29 bits per heavy atom. The molecule has 0 atom stereocenters. The number of halogens is 5. The minimum atomic E-state index is -4.37. The second kappa shape index (κ2) is 4.65. The highest BCUT2D eigenvalue weighted by Crippen LogP contribution is 2.36. The zero-order valence-electron chi connectivity index (χ0n) is 8.64. The standard InChI is InChI=1S/C10H10ClF3N2.ClH/c11-8-2-1-6(10(12,13)14)3-7(8)9(15)4-16-5-9;/h1-3,16H,4-5,15H2;1H. The van der Waals surface area contributed by atoms with Crippen LogP contribution in [0.4, 0.5) is 13.2 Å². The first-order chi connectivity index (χ1) is 7.33. The number of nitrogens with one attached hydrogen (secondary N) is 1. The van der Waals surface area contributed by atoms with Gasteiger partial charge in [0, 0.05) is 18.1 Å². The van der Waals surface area contributed by atoms with Crippen LogP contribution in [0.5, 0.6) is 0 Å². The Hall–Kier alpha value is -0.490. The van der Waals surface area contributed by atoms with E-state index in [4.69, 9.17) is 17.3 Å². The van der Waals surface area contributed by atoms with Crippen LogP contribution in [0.2, 0.25) is 5.02 Å². The van der Waals surface area contributed by atoms with E-state index in [1.165, 1.54) is 6.07 Å². The Morgan fingerprint density at radius 2 is 1.88 bits per heavy atom. The van der Waals surface area contributed by atoms with Gasteiger partial charge in [-0.2, -0.15) is 13.2 Å². The van der Waals surface area contributed by atoms with Gasteiger partial charge in [0.25, 0.3) is 0 Å². The van der Waals surface area contributed by atoms with Gasteiger partial charge in [0.1, 0.15) is 0 Å². The van der Waals surface area contributed by atoms with E-state index < -0.39 is 17.3 Å². The highest BCUT2D eigenvalue weighted by atomic mass is 35.5. The number of nitrogens with two attached hydrogens (primary N) is 1. The van der Waals surface area contributed by atoms with Crippen molar-refractivity contribution in [3.8, 4) is 0 Å². The molecule has 7 heteroatoms. The highest BCUT2D eigenvalue weighted by molar-refractivity contribution is 6.31. The van der Waals surface area contributed by atoms with Crippen molar-refractivity contribution in [1.29, 1.82) is 0 Å². The van der Waals surface area contributed by atoms with Crippen LogP contribution in [-0.4, -0.2) is 13.1 Å². The Morgan fingerprint density at radius 3 is 2.29 bits per heavy atom. The van der Waals surface area contributed by atoms with Gasteiger partial charge in [-0.3, -0.25) is 0 Å². The monoisotopic (exact) mass is 286 g/mol. The maximum Gasteiger partial charge on any atom is 0.416 e. The van der Waals surface area contributed by atoms with Gasteiger partial charge in [0.15, 0.2) is 0 Å². The lowest BCUT2D eigenvalue weighted by Crippen LogP contribution is -2.62. The third kappa shape index (κ3) is 2.68. The van der Waals surface area contributed by atoms with Gasteiger partial charge in [-0.25, -0.2) is 0 Å². The Balaban J connectivity index is 0.00000144. The Kier molecular flexibility index (Phi) is 3.98. The first kappa shape index (κ1) is 14.6. The normalized spacial score (nSPS) is 18.2. The van der Waals surface area contributed by atoms with Gasteiger partial charge in [-0.1, -0.05) is 11.6 Å². The minimum Gasteiger partial charge on any atom is -0.319 e. The SMILES string of the molecule is Cl.NC1(c2cc(C(F)(F)F)ccc2Cl)CNC1. The summed E-state index contributed by atoms with van der Waals surface area (Å²) in [7, 11) is 0. The molecule has 0 radical (unpaired) electrons. The maximum atomic E-state index is 12.5. The van der Waals surface area contributed by atoms with Crippen molar-refractivity contribution in [1.82, 2.24) is 5.32 Å². The summed E-state index contributed by atoms with van der Waals surface area (Å²) in [5, 5.41) is 3.20. The molecule has 1 aliphatic rings. The van der Waals surface area contributed by atoms with E-state index in [1.54, 1.807) is 0 Å². The summed E-state index contributed by atoms with van der Waals surface area (Å²) in [6, 6.07) is 3.23. The topological polar surface area (TPSA) is 38.0 Å². The third-order valence-corrected chi connectivity index (χ3v) is 3.04. The van der Waals surface area contributed by atoms with Crippen LogP contribution in [0.25, 0.3) is 0 Å². The average molecular weight is 287 g/mol. The van der Waals surface area contributed by atoms with Gasteiger partial charge < -0.3 is 11.1 Å². The molecular weight excluding hydrogens is 276 g/mol. The molecule has 0 spiro atoms. The molecule has 0 unspecified atom stereocenters. The lowest BCUT2D eigenvalue weighted by molar-refractivity contribution is -0.137. The quantitative estimate of drug-likeness (QED) is 0.833. The third-order valence-electron chi connectivity index (χ3n) is 2.71. The molecule has 1 fully saturated rings. The summed E-state index contributed by atoms with van der Waals surface area (Å²) in [5.41, 5.74) is 4.77. The average Bonchev–Trinajstić information content (AvgIpc) is 2.13. The van der Waals surface area contributed by atoms with Gasteiger partial charge in [0.2, 0.25) is 0 Å². The summed E-state index contributed by atoms with van der Waals surface area (Å²) in [5.74, 6) is 0. The highest BCUT2D eigenvalue weighted by Gasteiger charge is 2.38. The predicted molar refractivity (Wildman–Crippen MR) is 62.4 cm³/mol. The summed E-state index contributed by atoms with van der Waals surface area (Å²) in [6.45, 7) is 0.877. The first-order valence-corrected chi connectivity index (χ1v) is 5.07. The molecule has 2 nitrogen and oxygen atoms in total. The number of rotatable bonds is 1. The van der Waals surface area contributed by atoms with Crippen molar-refractivity contribution in [3.63, 3.8) is 0 Å². The van der Waals surface area contributed by atoms with Crippen molar-refractivity contribution in [2.75, 3.05) is 13.1 Å². The van der Waals surface area contributed by atoms with Crippen LogP contribution in [0, 0.1) is 0 Å². The summed E-state index contributed by atoms with van der Waals surface area (Å²) >= 11 is 5.87. The fourth-order valence-electron chi connectivity index (χ4n) is 1.67. The van der Waals surface area contributed by atoms with Crippen molar-refractivity contribution in [2.24, 2.45) is 5.73 Å². The maximum absolute atomic E-state index is 12.5. The van der Waals surface area contributed by atoms with Crippen LogP contribution in [-0.2, 0) is 11.7 Å². The first-order valence-electron chi connectivity index (χ1n) is 4.70. The number of benzene rings is 1. The van der Waals surface area contributed by atoms with E-state index in [-0.39, 0.29) is 17.4 Å². The zero-order valence-corrected chi connectivity index (χ0v) is 10.2. The molecule has 1 saturated heterocycles. The van der Waals surface area contributed by atoms with Gasteiger partial charge >= 0.3 is 6.18 Å². The number of hydrogen-bond acceptors (Lipinski definition) is 2. The molecule has 0 amide bonds. The molecule has 1 aliphatic heterocycles. The van der Waals surface area contributed by atoms with Crippen LogP contribution in [0.15, 0.2) is 18.2 Å². The largest absolute Gasteiger partial charge is 0.416 e. The molecule has 1 aromatic carbocycles. The van der Waals surface area contributed by atoms with Gasteiger partial charge in [-0.15, -0.1) is 12.4 Å². The van der Waals surface area contributed by atoms with E-state index in [2.05, 4.69) is 5.32 Å². The predicted octanol–water partition coefficient (Wildman–Crippen LogP) is 2.54. The molecule has 2 rings (SSSR count). The van der Waals surface area contributed by atoms with Crippen molar-refractivity contribution < 1.29 is 13.2 Å². The lowest BCUT2D eigenvalue weighted by atomic mass is 9.84. The number of alkyl halides is 3. The Labute approximate surface area is 108 Å². The molecule has 1 aromatic rings. The van der Waals surface area contributed by atoms with Crippen molar-refractivity contribution in [2.45, 2.75) is 11.7 Å². The molecule has 96 valence electrons. The van der Waals surface area contributed by atoms with Crippen molar-refractivity contribution in [3.05, 3.63) is 34.3 Å². The molecule has 1 heterocycles. The van der Waals surface area contributed by atoms with Crippen LogP contribution in [0.1, 0.15) is 11.1 Å². The molecule has 0 aliphatic carbocycles. The summed E-state index contributed by atoms with van der Waals surface area (Å²) < 4.78 is 37.5. The summed E-state index contributed by atoms with van der Waals surface area (Å²) in [4.78, 5) is 0. The molecular formula is C10H11Cl2F3N2. The fourth-order valence-corrected chi connectivity index (χ4v) is 1.97. The van der Waals surface area contributed by atoms with E-state index in [0.29, 0.717) is 18.7 Å². The van der Waals surface area contributed by atoms with E-state index in [1.807, 2.05) is 0 Å². The van der Waals surface area contributed by atoms with E-state index in [9.17, 15) is 13.2 Å². The smallest absolute Gasteiger partial charge is 0.319 e. The molecule has 0 saturated carbocycles. The van der Waals surface area contributed by atoms with E-state index >= 15 is 0 Å².